The molecule has 108 valence electrons. The molecule has 20 heavy (non-hydrogen) atoms. The van der Waals surface area contributed by atoms with Gasteiger partial charge in [-0.05, 0) is 55.1 Å². The van der Waals surface area contributed by atoms with Crippen LogP contribution in [0.2, 0.25) is 5.02 Å². The summed E-state index contributed by atoms with van der Waals surface area (Å²) >= 11 is 6.21. The third-order valence-corrected chi connectivity index (χ3v) is 3.73. The molecule has 1 N–H and O–H groups in total. The normalized spacial score (nSPS) is 11.5. The van der Waals surface area contributed by atoms with Crippen molar-refractivity contribution in [2.24, 2.45) is 0 Å². The van der Waals surface area contributed by atoms with Crippen molar-refractivity contribution in [3.63, 3.8) is 0 Å². The Bertz CT molecular complexity index is 605. The van der Waals surface area contributed by atoms with Crippen LogP contribution in [0.4, 0.5) is 0 Å². The Hall–Kier alpha value is -1.12. The first kappa shape index (κ1) is 15.3. The summed E-state index contributed by atoms with van der Waals surface area (Å²) in [5.74, 6) is 0.430. The Balaban J connectivity index is 2.56. The molecule has 0 atom stereocenters. The predicted octanol–water partition coefficient (Wildman–Crippen LogP) is 4.82. The van der Waals surface area contributed by atoms with Crippen LogP contribution in [0.15, 0.2) is 18.2 Å². The van der Waals surface area contributed by atoms with Crippen LogP contribution in [0.1, 0.15) is 49.9 Å². The maximum atomic E-state index is 6.21. The van der Waals surface area contributed by atoms with Gasteiger partial charge in [0.2, 0.25) is 0 Å². The highest BCUT2D eigenvalue weighted by atomic mass is 35.5. The molecule has 0 spiro atoms. The Labute approximate surface area is 126 Å². The highest BCUT2D eigenvalue weighted by Gasteiger charge is 2.11. The van der Waals surface area contributed by atoms with Gasteiger partial charge in [0.25, 0.3) is 0 Å². The van der Waals surface area contributed by atoms with Crippen LogP contribution < -0.4 is 5.32 Å². The molecule has 0 fully saturated rings. The van der Waals surface area contributed by atoms with E-state index in [0.717, 1.165) is 41.3 Å². The van der Waals surface area contributed by atoms with Crippen molar-refractivity contribution in [3.8, 4) is 0 Å². The molecule has 0 aliphatic heterocycles. The first-order valence-corrected chi connectivity index (χ1v) is 7.71. The van der Waals surface area contributed by atoms with Gasteiger partial charge in [-0.15, -0.1) is 0 Å². The Morgan fingerprint density at radius 3 is 2.65 bits per heavy atom. The van der Waals surface area contributed by atoms with Crippen LogP contribution in [0.3, 0.4) is 0 Å². The molecule has 1 heterocycles. The lowest BCUT2D eigenvalue weighted by atomic mass is 10.0. The second-order valence-electron chi connectivity index (χ2n) is 5.66. The zero-order valence-corrected chi connectivity index (χ0v) is 13.5. The lowest BCUT2D eigenvalue weighted by Gasteiger charge is -2.14. The zero-order chi connectivity index (χ0) is 14.7. The van der Waals surface area contributed by atoms with Crippen molar-refractivity contribution in [2.75, 3.05) is 6.54 Å². The number of benzene rings is 1. The minimum absolute atomic E-state index is 0.430. The summed E-state index contributed by atoms with van der Waals surface area (Å²) in [6.45, 7) is 10.5. The van der Waals surface area contributed by atoms with Crippen LogP contribution in [-0.4, -0.2) is 11.5 Å². The molecule has 0 aliphatic carbocycles. The summed E-state index contributed by atoms with van der Waals surface area (Å²) in [4.78, 5) is 4.82. The van der Waals surface area contributed by atoms with E-state index in [-0.39, 0.29) is 0 Å². The van der Waals surface area contributed by atoms with Crippen molar-refractivity contribution in [1.82, 2.24) is 10.3 Å². The van der Waals surface area contributed by atoms with E-state index in [1.165, 1.54) is 10.9 Å². The molecule has 0 saturated heterocycles. The molecular weight excluding hydrogens is 268 g/mol. The number of hydrogen-bond donors (Lipinski definition) is 1. The second-order valence-corrected chi connectivity index (χ2v) is 6.09. The summed E-state index contributed by atoms with van der Waals surface area (Å²) in [6.07, 6.45) is 1.14. The number of halogens is 1. The van der Waals surface area contributed by atoms with Gasteiger partial charge in [-0.2, -0.15) is 0 Å². The Kier molecular flexibility index (Phi) is 5.00. The summed E-state index contributed by atoms with van der Waals surface area (Å²) in [5.41, 5.74) is 4.66. The van der Waals surface area contributed by atoms with Gasteiger partial charge in [-0.25, -0.2) is 0 Å². The van der Waals surface area contributed by atoms with Gasteiger partial charge in [0.15, 0.2) is 0 Å². The molecule has 2 rings (SSSR count). The molecule has 1 aromatic carbocycles. The van der Waals surface area contributed by atoms with Gasteiger partial charge in [-0.3, -0.25) is 4.98 Å². The van der Waals surface area contributed by atoms with Crippen molar-refractivity contribution < 1.29 is 0 Å². The van der Waals surface area contributed by atoms with Gasteiger partial charge < -0.3 is 5.32 Å². The number of rotatable bonds is 5. The quantitative estimate of drug-likeness (QED) is 0.799. The molecule has 0 bridgehead atoms. The zero-order valence-electron chi connectivity index (χ0n) is 12.8. The van der Waals surface area contributed by atoms with Crippen molar-refractivity contribution >= 4 is 22.5 Å². The number of nitrogens with zero attached hydrogens (tertiary/aromatic N) is 1. The van der Waals surface area contributed by atoms with Crippen molar-refractivity contribution in [1.29, 1.82) is 0 Å². The topological polar surface area (TPSA) is 24.9 Å². The van der Waals surface area contributed by atoms with E-state index in [1.807, 2.05) is 12.1 Å². The third-order valence-electron chi connectivity index (χ3n) is 3.51. The third kappa shape index (κ3) is 3.31. The fraction of sp³-hybridized carbons (Fsp3) is 0.471. The van der Waals surface area contributed by atoms with E-state index >= 15 is 0 Å². The van der Waals surface area contributed by atoms with Crippen molar-refractivity contribution in [2.45, 2.75) is 46.6 Å². The summed E-state index contributed by atoms with van der Waals surface area (Å²) in [6, 6.07) is 6.24. The van der Waals surface area contributed by atoms with E-state index < -0.39 is 0 Å². The predicted molar refractivity (Wildman–Crippen MR) is 87.6 cm³/mol. The minimum atomic E-state index is 0.430. The highest BCUT2D eigenvalue weighted by Crippen LogP contribution is 2.27. The molecule has 0 radical (unpaired) electrons. The second kappa shape index (κ2) is 6.55. The molecule has 1 aromatic heterocycles. The molecular formula is C17H23ClN2. The van der Waals surface area contributed by atoms with Gasteiger partial charge >= 0.3 is 0 Å². The molecule has 2 aromatic rings. The summed E-state index contributed by atoms with van der Waals surface area (Å²) in [7, 11) is 0. The SMILES string of the molecule is CCCNCc1cc(C(C)C)nc2c(C)cc(Cl)cc12. The standard InChI is InChI=1S/C17H23ClN2/c1-5-6-19-10-13-8-16(11(2)3)20-17-12(4)7-14(18)9-15(13)17/h7-9,11,19H,5-6,10H2,1-4H3. The van der Waals surface area contributed by atoms with E-state index in [2.05, 4.69) is 39.1 Å². The Morgan fingerprint density at radius 1 is 1.25 bits per heavy atom. The van der Waals surface area contributed by atoms with E-state index in [9.17, 15) is 0 Å². The lowest BCUT2D eigenvalue weighted by Crippen LogP contribution is -2.14. The van der Waals surface area contributed by atoms with Crippen LogP contribution in [0.25, 0.3) is 10.9 Å². The molecule has 2 nitrogen and oxygen atoms in total. The fourth-order valence-electron chi connectivity index (χ4n) is 2.39. The number of hydrogen-bond acceptors (Lipinski definition) is 2. The van der Waals surface area contributed by atoms with Gasteiger partial charge in [-0.1, -0.05) is 32.4 Å². The van der Waals surface area contributed by atoms with Gasteiger partial charge in [0.1, 0.15) is 0 Å². The lowest BCUT2D eigenvalue weighted by molar-refractivity contribution is 0.676. The average molecular weight is 291 g/mol. The number of aryl methyl sites for hydroxylation is 1. The first-order valence-electron chi connectivity index (χ1n) is 7.33. The van der Waals surface area contributed by atoms with Crippen LogP contribution in [-0.2, 0) is 6.54 Å². The summed E-state index contributed by atoms with van der Waals surface area (Å²) < 4.78 is 0. The van der Waals surface area contributed by atoms with E-state index in [4.69, 9.17) is 16.6 Å². The Morgan fingerprint density at radius 2 is 2.00 bits per heavy atom. The average Bonchev–Trinajstić information content (AvgIpc) is 2.39. The molecule has 3 heteroatoms. The first-order chi connectivity index (χ1) is 9.52. The van der Waals surface area contributed by atoms with Crippen LogP contribution in [0, 0.1) is 6.92 Å². The summed E-state index contributed by atoms with van der Waals surface area (Å²) in [5, 5.41) is 5.43. The van der Waals surface area contributed by atoms with Crippen LogP contribution in [0.5, 0.6) is 0 Å². The fourth-order valence-corrected chi connectivity index (χ4v) is 2.66. The maximum Gasteiger partial charge on any atom is 0.0738 e. The molecule has 0 amide bonds. The number of pyridine rings is 1. The largest absolute Gasteiger partial charge is 0.313 e. The van der Waals surface area contributed by atoms with Gasteiger partial charge in [0.05, 0.1) is 5.52 Å². The number of fused-ring (bicyclic) bond motifs is 1. The number of nitrogens with one attached hydrogen (secondary N) is 1. The maximum absolute atomic E-state index is 6.21. The molecule has 0 aliphatic rings. The molecule has 0 unspecified atom stereocenters. The van der Waals surface area contributed by atoms with Gasteiger partial charge in [0, 0.05) is 22.6 Å². The van der Waals surface area contributed by atoms with Crippen LogP contribution >= 0.6 is 11.6 Å². The highest BCUT2D eigenvalue weighted by molar-refractivity contribution is 6.31. The van der Waals surface area contributed by atoms with E-state index in [1.54, 1.807) is 0 Å². The molecule has 0 saturated carbocycles. The minimum Gasteiger partial charge on any atom is -0.313 e. The van der Waals surface area contributed by atoms with Crippen molar-refractivity contribution in [3.05, 3.63) is 40.0 Å². The monoisotopic (exact) mass is 290 g/mol. The number of aromatic nitrogens is 1. The smallest absolute Gasteiger partial charge is 0.0738 e. The van der Waals surface area contributed by atoms with E-state index in [0.29, 0.717) is 5.92 Å².